The van der Waals surface area contributed by atoms with E-state index in [0.717, 1.165) is 5.76 Å². The molecule has 4 heteroatoms. The second-order valence-corrected chi connectivity index (χ2v) is 3.95. The number of hydrogen-bond acceptors (Lipinski definition) is 4. The molecule has 0 N–H and O–H groups in total. The van der Waals surface area contributed by atoms with Crippen LogP contribution in [0.3, 0.4) is 0 Å². The molecule has 0 aromatic heterocycles. The maximum atomic E-state index is 5.67. The van der Waals surface area contributed by atoms with E-state index in [9.17, 15) is 0 Å². The van der Waals surface area contributed by atoms with E-state index in [2.05, 4.69) is 0 Å². The molecule has 3 aliphatic heterocycles. The van der Waals surface area contributed by atoms with Crippen LogP contribution in [0.15, 0.2) is 11.8 Å². The van der Waals surface area contributed by atoms with Gasteiger partial charge in [0, 0.05) is 0 Å². The molecule has 2 saturated heterocycles. The zero-order valence-corrected chi connectivity index (χ0v) is 7.65. The van der Waals surface area contributed by atoms with Crippen molar-refractivity contribution in [3.8, 4) is 0 Å². The molecule has 3 aliphatic rings. The van der Waals surface area contributed by atoms with Gasteiger partial charge < -0.3 is 18.9 Å². The molecule has 0 aliphatic carbocycles. The predicted molar refractivity (Wildman–Crippen MR) is 42.7 cm³/mol. The smallest absolute Gasteiger partial charge is 0.231 e. The van der Waals surface area contributed by atoms with E-state index in [1.807, 2.05) is 19.9 Å². The number of rotatable bonds is 0. The van der Waals surface area contributed by atoms with Crippen molar-refractivity contribution in [3.05, 3.63) is 11.8 Å². The van der Waals surface area contributed by atoms with E-state index in [-0.39, 0.29) is 18.5 Å². The number of ether oxygens (including phenoxy) is 4. The fourth-order valence-electron chi connectivity index (χ4n) is 1.99. The Balaban J connectivity index is 1.86. The quantitative estimate of drug-likeness (QED) is 0.557. The molecule has 3 heterocycles. The Bertz CT molecular complexity index is 271. The minimum absolute atomic E-state index is 0.0493. The Kier molecular flexibility index (Phi) is 1.35. The molecule has 4 nitrogen and oxygen atoms in total. The Morgan fingerprint density at radius 3 is 3.08 bits per heavy atom. The van der Waals surface area contributed by atoms with Crippen LogP contribution >= 0.6 is 0 Å². The molecule has 0 saturated carbocycles. The van der Waals surface area contributed by atoms with Crippen LogP contribution in [0.2, 0.25) is 0 Å². The lowest BCUT2D eigenvalue weighted by atomic mass is 10.2. The Morgan fingerprint density at radius 2 is 2.23 bits per heavy atom. The minimum atomic E-state index is -0.549. The highest BCUT2D eigenvalue weighted by Gasteiger charge is 2.55. The highest BCUT2D eigenvalue weighted by Crippen LogP contribution is 2.41. The standard InChI is InChI=1S/C9H12O4/c1-9(2)12-7-6-5(3-4-10-6)11-8(7)13-9/h3,6-8H,4H2,1-2H3/t6-,7-,8-/m1/s1. The van der Waals surface area contributed by atoms with Crippen LogP contribution in [0.1, 0.15) is 13.8 Å². The fraction of sp³-hybridized carbons (Fsp3) is 0.778. The van der Waals surface area contributed by atoms with Gasteiger partial charge in [0.2, 0.25) is 6.29 Å². The summed E-state index contributed by atoms with van der Waals surface area (Å²) in [5, 5.41) is 0. The van der Waals surface area contributed by atoms with E-state index in [0.29, 0.717) is 6.61 Å². The van der Waals surface area contributed by atoms with Crippen molar-refractivity contribution in [2.24, 2.45) is 0 Å². The normalized spacial score (nSPS) is 45.4. The van der Waals surface area contributed by atoms with E-state index in [1.54, 1.807) is 0 Å². The first kappa shape index (κ1) is 7.79. The third-order valence-electron chi connectivity index (χ3n) is 2.48. The van der Waals surface area contributed by atoms with Crippen LogP contribution in [-0.2, 0) is 18.9 Å². The van der Waals surface area contributed by atoms with Gasteiger partial charge in [-0.1, -0.05) is 0 Å². The predicted octanol–water partition coefficient (Wildman–Crippen LogP) is 0.777. The van der Waals surface area contributed by atoms with Crippen LogP contribution in [0.25, 0.3) is 0 Å². The summed E-state index contributed by atoms with van der Waals surface area (Å²) in [6.07, 6.45) is 1.50. The lowest BCUT2D eigenvalue weighted by Gasteiger charge is -2.19. The van der Waals surface area contributed by atoms with Crippen molar-refractivity contribution in [2.75, 3.05) is 6.61 Å². The van der Waals surface area contributed by atoms with Gasteiger partial charge in [-0.05, 0) is 19.9 Å². The monoisotopic (exact) mass is 184 g/mol. The van der Waals surface area contributed by atoms with Crippen LogP contribution < -0.4 is 0 Å². The van der Waals surface area contributed by atoms with Crippen molar-refractivity contribution in [3.63, 3.8) is 0 Å². The van der Waals surface area contributed by atoms with E-state index in [1.165, 1.54) is 0 Å². The van der Waals surface area contributed by atoms with Gasteiger partial charge in [0.1, 0.15) is 11.9 Å². The molecular formula is C9H12O4. The van der Waals surface area contributed by atoms with Crippen LogP contribution in [0, 0.1) is 0 Å². The van der Waals surface area contributed by atoms with E-state index < -0.39 is 5.79 Å². The molecule has 2 fully saturated rings. The summed E-state index contributed by atoms with van der Waals surface area (Å²) in [5.41, 5.74) is 0. The lowest BCUT2D eigenvalue weighted by Crippen LogP contribution is -2.29. The van der Waals surface area contributed by atoms with E-state index in [4.69, 9.17) is 18.9 Å². The molecule has 0 radical (unpaired) electrons. The molecule has 3 rings (SSSR count). The third-order valence-corrected chi connectivity index (χ3v) is 2.48. The Hall–Kier alpha value is -0.580. The van der Waals surface area contributed by atoms with Crippen molar-refractivity contribution >= 4 is 0 Å². The van der Waals surface area contributed by atoms with E-state index >= 15 is 0 Å². The third kappa shape index (κ3) is 1.03. The maximum Gasteiger partial charge on any atom is 0.231 e. The first-order valence-electron chi connectivity index (χ1n) is 4.50. The minimum Gasteiger partial charge on any atom is -0.464 e. The molecule has 13 heavy (non-hydrogen) atoms. The average molecular weight is 184 g/mol. The van der Waals surface area contributed by atoms with Crippen LogP contribution in [-0.4, -0.2) is 30.9 Å². The van der Waals surface area contributed by atoms with Crippen LogP contribution in [0.4, 0.5) is 0 Å². The van der Waals surface area contributed by atoms with Crippen molar-refractivity contribution in [2.45, 2.75) is 38.1 Å². The van der Waals surface area contributed by atoms with Gasteiger partial charge in [-0.15, -0.1) is 0 Å². The summed E-state index contributed by atoms with van der Waals surface area (Å²) in [5.74, 6) is 0.317. The first-order valence-corrected chi connectivity index (χ1v) is 4.50. The van der Waals surface area contributed by atoms with Gasteiger partial charge in [-0.3, -0.25) is 0 Å². The van der Waals surface area contributed by atoms with Gasteiger partial charge >= 0.3 is 0 Å². The summed E-state index contributed by atoms with van der Waals surface area (Å²) in [4.78, 5) is 0. The van der Waals surface area contributed by atoms with Crippen molar-refractivity contribution < 1.29 is 18.9 Å². The summed E-state index contributed by atoms with van der Waals surface area (Å²) >= 11 is 0. The van der Waals surface area contributed by atoms with Gasteiger partial charge in [-0.25, -0.2) is 0 Å². The number of hydrogen-bond donors (Lipinski definition) is 0. The molecule has 0 amide bonds. The SMILES string of the molecule is CC1(C)O[C@H]2OC3=CCO[C@H]3[C@H]2O1. The summed E-state index contributed by atoms with van der Waals surface area (Å²) < 4.78 is 22.2. The van der Waals surface area contributed by atoms with Gasteiger partial charge in [0.25, 0.3) is 0 Å². The van der Waals surface area contributed by atoms with Crippen molar-refractivity contribution in [1.82, 2.24) is 0 Å². The summed E-state index contributed by atoms with van der Waals surface area (Å²) in [7, 11) is 0. The molecular weight excluding hydrogens is 172 g/mol. The topological polar surface area (TPSA) is 36.9 Å². The molecule has 0 unspecified atom stereocenters. The maximum absolute atomic E-state index is 5.67. The zero-order valence-electron chi connectivity index (χ0n) is 7.65. The highest BCUT2D eigenvalue weighted by molar-refractivity contribution is 5.15. The summed E-state index contributed by atoms with van der Waals surface area (Å²) in [6.45, 7) is 4.38. The van der Waals surface area contributed by atoms with Gasteiger partial charge in [0.15, 0.2) is 11.9 Å². The van der Waals surface area contributed by atoms with Gasteiger partial charge in [-0.2, -0.15) is 0 Å². The average Bonchev–Trinajstić information content (AvgIpc) is 2.58. The Labute approximate surface area is 76.4 Å². The molecule has 0 aromatic carbocycles. The molecule has 72 valence electrons. The fourth-order valence-corrected chi connectivity index (χ4v) is 1.99. The molecule has 0 spiro atoms. The van der Waals surface area contributed by atoms with Crippen molar-refractivity contribution in [1.29, 1.82) is 0 Å². The zero-order chi connectivity index (χ0) is 9.05. The second kappa shape index (κ2) is 2.26. The second-order valence-electron chi connectivity index (χ2n) is 3.95. The lowest BCUT2D eigenvalue weighted by molar-refractivity contribution is -0.188. The summed E-state index contributed by atoms with van der Waals surface area (Å²) in [6, 6.07) is 0. The first-order chi connectivity index (χ1) is 6.16. The van der Waals surface area contributed by atoms with Gasteiger partial charge in [0.05, 0.1) is 6.61 Å². The highest BCUT2D eigenvalue weighted by atomic mass is 16.8. The largest absolute Gasteiger partial charge is 0.464 e. The molecule has 3 atom stereocenters. The Morgan fingerprint density at radius 1 is 1.38 bits per heavy atom. The molecule has 0 bridgehead atoms. The number of fused-ring (bicyclic) bond motifs is 3. The van der Waals surface area contributed by atoms with Crippen LogP contribution in [0.5, 0.6) is 0 Å². The molecule has 0 aromatic rings.